The number of nitrogens with one attached hydrogen (secondary N) is 1. The molecule has 2 atom stereocenters. The number of methoxy groups -OCH3 is 3. The van der Waals surface area contributed by atoms with Crippen LogP contribution in [0.1, 0.15) is 25.8 Å². The average molecular weight is 347 g/mol. The van der Waals surface area contributed by atoms with E-state index in [4.69, 9.17) is 19.9 Å². The van der Waals surface area contributed by atoms with Crippen molar-refractivity contribution in [3.63, 3.8) is 0 Å². The quantitative estimate of drug-likeness (QED) is 0.753. The fourth-order valence-corrected chi connectivity index (χ4v) is 2.06. The highest BCUT2D eigenvalue weighted by Crippen LogP contribution is 2.38. The summed E-state index contributed by atoms with van der Waals surface area (Å²) in [6.07, 6.45) is 0.860. The van der Waals surface area contributed by atoms with E-state index in [-0.39, 0.29) is 24.2 Å². The van der Waals surface area contributed by atoms with Crippen LogP contribution < -0.4 is 25.3 Å². The monoisotopic (exact) mass is 346 g/mol. The van der Waals surface area contributed by atoms with Gasteiger partial charge in [0.05, 0.1) is 27.4 Å². The molecule has 0 radical (unpaired) electrons. The molecule has 132 valence electrons. The van der Waals surface area contributed by atoms with Crippen LogP contribution in [-0.4, -0.2) is 33.3 Å². The molecule has 0 aliphatic rings. The number of nitrogens with two attached hydrogens (primary N) is 1. The predicted octanol–water partition coefficient (Wildman–Crippen LogP) is 2.12. The van der Waals surface area contributed by atoms with Gasteiger partial charge in [-0.25, -0.2) is 0 Å². The zero-order chi connectivity index (χ0) is 16.7. The van der Waals surface area contributed by atoms with Crippen LogP contribution in [0.25, 0.3) is 0 Å². The second kappa shape index (κ2) is 10.2. The van der Waals surface area contributed by atoms with Gasteiger partial charge in [0, 0.05) is 6.54 Å². The average Bonchev–Trinajstić information content (AvgIpc) is 2.56. The number of hydrogen-bond acceptors (Lipinski definition) is 5. The molecule has 0 aromatic heterocycles. The Balaban J connectivity index is 0.00000484. The number of ether oxygens (including phenoxy) is 3. The molecule has 1 rings (SSSR count). The van der Waals surface area contributed by atoms with Gasteiger partial charge in [0.2, 0.25) is 11.7 Å². The SMILES string of the molecule is CCC(C)C(N)C(=O)NCc1cc(OC)c(OC)c(OC)c1.Cl. The van der Waals surface area contributed by atoms with Crippen LogP contribution in [0.2, 0.25) is 0 Å². The van der Waals surface area contributed by atoms with Gasteiger partial charge in [-0.05, 0) is 23.6 Å². The number of amides is 1. The molecule has 0 heterocycles. The molecule has 3 N–H and O–H groups in total. The number of benzene rings is 1. The van der Waals surface area contributed by atoms with Crippen molar-refractivity contribution in [3.8, 4) is 17.2 Å². The first-order chi connectivity index (χ1) is 10.5. The molecular weight excluding hydrogens is 320 g/mol. The van der Waals surface area contributed by atoms with E-state index >= 15 is 0 Å². The van der Waals surface area contributed by atoms with Gasteiger partial charge in [-0.3, -0.25) is 4.79 Å². The number of halogens is 1. The molecule has 23 heavy (non-hydrogen) atoms. The van der Waals surface area contributed by atoms with Gasteiger partial charge < -0.3 is 25.3 Å². The molecule has 2 unspecified atom stereocenters. The first-order valence-electron chi connectivity index (χ1n) is 7.30. The molecule has 0 aliphatic carbocycles. The van der Waals surface area contributed by atoms with Gasteiger partial charge in [0.25, 0.3) is 0 Å². The highest BCUT2D eigenvalue weighted by molar-refractivity contribution is 5.85. The predicted molar refractivity (Wildman–Crippen MR) is 92.6 cm³/mol. The number of hydrogen-bond donors (Lipinski definition) is 2. The molecular formula is C16H27ClN2O4. The molecule has 6 nitrogen and oxygen atoms in total. The lowest BCUT2D eigenvalue weighted by Gasteiger charge is -2.18. The molecule has 1 amide bonds. The van der Waals surface area contributed by atoms with Gasteiger partial charge >= 0.3 is 0 Å². The Bertz CT molecular complexity index is 486. The Labute approximate surface area is 144 Å². The maximum atomic E-state index is 12.0. The molecule has 0 saturated heterocycles. The van der Waals surface area contributed by atoms with E-state index < -0.39 is 6.04 Å². The van der Waals surface area contributed by atoms with Gasteiger partial charge in [-0.2, -0.15) is 0 Å². The van der Waals surface area contributed by atoms with E-state index in [1.807, 2.05) is 13.8 Å². The van der Waals surface area contributed by atoms with Gasteiger partial charge in [-0.15, -0.1) is 12.4 Å². The molecule has 1 aromatic rings. The summed E-state index contributed by atoms with van der Waals surface area (Å²) in [5, 5.41) is 2.84. The Hall–Kier alpha value is -1.66. The molecule has 0 aliphatic heterocycles. The lowest BCUT2D eigenvalue weighted by molar-refractivity contribution is -0.123. The van der Waals surface area contributed by atoms with Crippen molar-refractivity contribution >= 4 is 18.3 Å². The third kappa shape index (κ3) is 5.48. The second-order valence-corrected chi connectivity index (χ2v) is 5.16. The fourth-order valence-electron chi connectivity index (χ4n) is 2.06. The number of carbonyl (C=O) groups excluding carboxylic acids is 1. The smallest absolute Gasteiger partial charge is 0.237 e. The van der Waals surface area contributed by atoms with Crippen LogP contribution in [0.5, 0.6) is 17.2 Å². The van der Waals surface area contributed by atoms with E-state index in [1.165, 1.54) is 0 Å². The van der Waals surface area contributed by atoms with Crippen molar-refractivity contribution < 1.29 is 19.0 Å². The van der Waals surface area contributed by atoms with Crippen molar-refractivity contribution in [3.05, 3.63) is 17.7 Å². The summed E-state index contributed by atoms with van der Waals surface area (Å²) in [5.74, 6) is 1.61. The molecule has 0 fully saturated rings. The highest BCUT2D eigenvalue weighted by atomic mass is 35.5. The minimum atomic E-state index is -0.507. The van der Waals surface area contributed by atoms with Crippen molar-refractivity contribution in [1.29, 1.82) is 0 Å². The summed E-state index contributed by atoms with van der Waals surface area (Å²) in [6, 6.07) is 3.10. The first-order valence-corrected chi connectivity index (χ1v) is 7.30. The van der Waals surface area contributed by atoms with E-state index in [2.05, 4.69) is 5.32 Å². The summed E-state index contributed by atoms with van der Waals surface area (Å²) in [5.41, 5.74) is 6.76. The summed E-state index contributed by atoms with van der Waals surface area (Å²) in [6.45, 7) is 4.32. The lowest BCUT2D eigenvalue weighted by Crippen LogP contribution is -2.44. The maximum Gasteiger partial charge on any atom is 0.237 e. The summed E-state index contributed by atoms with van der Waals surface area (Å²) < 4.78 is 15.8. The zero-order valence-electron chi connectivity index (χ0n) is 14.3. The molecule has 0 spiro atoms. The minimum Gasteiger partial charge on any atom is -0.493 e. The summed E-state index contributed by atoms with van der Waals surface area (Å²) >= 11 is 0. The maximum absolute atomic E-state index is 12.0. The standard InChI is InChI=1S/C16H26N2O4.ClH/c1-6-10(2)14(17)16(19)18-9-11-7-12(20-3)15(22-5)13(8-11)21-4;/h7-8,10,14H,6,9,17H2,1-5H3,(H,18,19);1H. The lowest BCUT2D eigenvalue weighted by atomic mass is 9.99. The van der Waals surface area contributed by atoms with Crippen LogP contribution in [0.3, 0.4) is 0 Å². The Kier molecular flexibility index (Phi) is 9.44. The van der Waals surface area contributed by atoms with Crippen LogP contribution in [-0.2, 0) is 11.3 Å². The molecule has 1 aromatic carbocycles. The largest absolute Gasteiger partial charge is 0.493 e. The number of rotatable bonds is 8. The van der Waals surface area contributed by atoms with Crippen molar-refractivity contribution in [2.24, 2.45) is 11.7 Å². The summed E-state index contributed by atoms with van der Waals surface area (Å²) in [4.78, 5) is 12.0. The van der Waals surface area contributed by atoms with Crippen molar-refractivity contribution in [2.45, 2.75) is 32.9 Å². The third-order valence-electron chi connectivity index (χ3n) is 3.75. The van der Waals surface area contributed by atoms with Gasteiger partial charge in [0.15, 0.2) is 11.5 Å². The van der Waals surface area contributed by atoms with Crippen molar-refractivity contribution in [2.75, 3.05) is 21.3 Å². The zero-order valence-corrected chi connectivity index (χ0v) is 15.2. The Morgan fingerprint density at radius 1 is 1.17 bits per heavy atom. The molecule has 0 saturated carbocycles. The first kappa shape index (κ1) is 21.3. The van der Waals surface area contributed by atoms with E-state index in [0.717, 1.165) is 12.0 Å². The second-order valence-electron chi connectivity index (χ2n) is 5.16. The van der Waals surface area contributed by atoms with Crippen LogP contribution in [0.4, 0.5) is 0 Å². The highest BCUT2D eigenvalue weighted by Gasteiger charge is 2.19. The molecule has 0 bridgehead atoms. The van der Waals surface area contributed by atoms with Crippen LogP contribution in [0.15, 0.2) is 12.1 Å². The minimum absolute atomic E-state index is 0. The van der Waals surface area contributed by atoms with E-state index in [0.29, 0.717) is 23.8 Å². The van der Waals surface area contributed by atoms with Crippen molar-refractivity contribution in [1.82, 2.24) is 5.32 Å². The normalized spacial score (nSPS) is 12.6. The van der Waals surface area contributed by atoms with E-state index in [1.54, 1.807) is 33.5 Å². The van der Waals surface area contributed by atoms with Gasteiger partial charge in [0.1, 0.15) is 0 Å². The topological polar surface area (TPSA) is 82.8 Å². The Morgan fingerprint density at radius 2 is 1.70 bits per heavy atom. The fraction of sp³-hybridized carbons (Fsp3) is 0.562. The summed E-state index contributed by atoms with van der Waals surface area (Å²) in [7, 11) is 4.66. The Morgan fingerprint density at radius 3 is 2.09 bits per heavy atom. The van der Waals surface area contributed by atoms with E-state index in [9.17, 15) is 4.79 Å². The van der Waals surface area contributed by atoms with Gasteiger partial charge in [-0.1, -0.05) is 20.3 Å². The van der Waals surface area contributed by atoms with Crippen LogP contribution in [0, 0.1) is 5.92 Å². The van der Waals surface area contributed by atoms with Crippen LogP contribution >= 0.6 is 12.4 Å². The third-order valence-corrected chi connectivity index (χ3v) is 3.75. The molecule has 7 heteroatoms. The number of carbonyl (C=O) groups is 1.